The van der Waals surface area contributed by atoms with Gasteiger partial charge in [0, 0.05) is 38.1 Å². The first kappa shape index (κ1) is 13.8. The molecule has 1 aromatic carbocycles. The van der Waals surface area contributed by atoms with Crippen LogP contribution in [-0.4, -0.2) is 58.7 Å². The summed E-state index contributed by atoms with van der Waals surface area (Å²) in [6.07, 6.45) is 1.81. The summed E-state index contributed by atoms with van der Waals surface area (Å²) in [6, 6.07) is 8.01. The third-order valence-electron chi connectivity index (χ3n) is 3.84. The number of aromatic nitrogens is 2. The lowest BCUT2D eigenvalue weighted by Gasteiger charge is -2.35. The quantitative estimate of drug-likeness (QED) is 0.911. The maximum Gasteiger partial charge on any atom is 0.304 e. The van der Waals surface area contributed by atoms with Crippen molar-refractivity contribution in [2.75, 3.05) is 37.6 Å². The van der Waals surface area contributed by atoms with Gasteiger partial charge in [0.25, 0.3) is 0 Å². The number of carboxylic acids is 1. The summed E-state index contributed by atoms with van der Waals surface area (Å²) < 4.78 is 0. The zero-order valence-electron chi connectivity index (χ0n) is 11.8. The number of piperazine rings is 1. The molecule has 1 aliphatic rings. The summed E-state index contributed by atoms with van der Waals surface area (Å²) in [6.45, 7) is 4.08. The van der Waals surface area contributed by atoms with Crippen molar-refractivity contribution < 1.29 is 9.90 Å². The van der Waals surface area contributed by atoms with Crippen LogP contribution in [0.3, 0.4) is 0 Å². The zero-order valence-corrected chi connectivity index (χ0v) is 11.8. The minimum atomic E-state index is -0.737. The molecule has 2 heterocycles. The average molecular weight is 286 g/mol. The average Bonchev–Trinajstić information content (AvgIpc) is 2.53. The first-order chi connectivity index (χ1) is 10.2. The van der Waals surface area contributed by atoms with Crippen molar-refractivity contribution in [1.29, 1.82) is 0 Å². The standard InChI is InChI=1S/C15H18N4O2/c20-14(21)5-6-18-7-9-19(10-8-18)15-12-3-1-2-4-13(12)16-11-17-15/h1-4,11H,5-10H2,(H,20,21). The van der Waals surface area contributed by atoms with Crippen LogP contribution in [0.1, 0.15) is 6.42 Å². The molecule has 0 unspecified atom stereocenters. The first-order valence-corrected chi connectivity index (χ1v) is 7.13. The lowest BCUT2D eigenvalue weighted by Crippen LogP contribution is -2.47. The van der Waals surface area contributed by atoms with Gasteiger partial charge >= 0.3 is 5.97 Å². The minimum Gasteiger partial charge on any atom is -0.481 e. The van der Waals surface area contributed by atoms with Crippen LogP contribution in [0.5, 0.6) is 0 Å². The van der Waals surface area contributed by atoms with Crippen molar-refractivity contribution in [3.63, 3.8) is 0 Å². The Morgan fingerprint density at radius 3 is 2.67 bits per heavy atom. The molecule has 0 amide bonds. The Balaban J connectivity index is 1.70. The number of carboxylic acid groups (broad SMARTS) is 1. The SMILES string of the molecule is O=C(O)CCN1CCN(c2ncnc3ccccc23)CC1. The van der Waals surface area contributed by atoms with E-state index in [9.17, 15) is 4.79 Å². The van der Waals surface area contributed by atoms with Gasteiger partial charge in [0.1, 0.15) is 12.1 Å². The monoisotopic (exact) mass is 286 g/mol. The van der Waals surface area contributed by atoms with Crippen molar-refractivity contribution in [3.8, 4) is 0 Å². The highest BCUT2D eigenvalue weighted by atomic mass is 16.4. The van der Waals surface area contributed by atoms with Gasteiger partial charge in [-0.05, 0) is 12.1 Å². The van der Waals surface area contributed by atoms with Gasteiger partial charge in [-0.25, -0.2) is 9.97 Å². The van der Waals surface area contributed by atoms with Crippen molar-refractivity contribution in [1.82, 2.24) is 14.9 Å². The largest absolute Gasteiger partial charge is 0.481 e. The predicted octanol–water partition coefficient (Wildman–Crippen LogP) is 1.23. The molecule has 6 nitrogen and oxygen atoms in total. The Hall–Kier alpha value is -2.21. The topological polar surface area (TPSA) is 69.6 Å². The zero-order chi connectivity index (χ0) is 14.7. The van der Waals surface area contributed by atoms with E-state index in [4.69, 9.17) is 5.11 Å². The molecule has 110 valence electrons. The molecular weight excluding hydrogens is 268 g/mol. The Labute approximate surface area is 123 Å². The summed E-state index contributed by atoms with van der Waals surface area (Å²) in [5.41, 5.74) is 0.954. The van der Waals surface area contributed by atoms with Crippen molar-refractivity contribution in [2.24, 2.45) is 0 Å². The number of aliphatic carboxylic acids is 1. The van der Waals surface area contributed by atoms with Gasteiger partial charge in [-0.2, -0.15) is 0 Å². The number of hydrogen-bond donors (Lipinski definition) is 1. The van der Waals surface area contributed by atoms with Gasteiger partial charge < -0.3 is 10.0 Å². The predicted molar refractivity (Wildman–Crippen MR) is 80.4 cm³/mol. The highest BCUT2D eigenvalue weighted by Gasteiger charge is 2.19. The Morgan fingerprint density at radius 1 is 1.14 bits per heavy atom. The first-order valence-electron chi connectivity index (χ1n) is 7.13. The highest BCUT2D eigenvalue weighted by Crippen LogP contribution is 2.23. The van der Waals surface area contributed by atoms with Gasteiger partial charge in [-0.1, -0.05) is 12.1 Å². The molecule has 0 aliphatic carbocycles. The van der Waals surface area contributed by atoms with E-state index in [2.05, 4.69) is 19.8 Å². The van der Waals surface area contributed by atoms with E-state index < -0.39 is 5.97 Å². The summed E-state index contributed by atoms with van der Waals surface area (Å²) in [5.74, 6) is 0.234. The van der Waals surface area contributed by atoms with Crippen molar-refractivity contribution >= 4 is 22.7 Å². The number of benzene rings is 1. The van der Waals surface area contributed by atoms with Gasteiger partial charge in [0.15, 0.2) is 0 Å². The van der Waals surface area contributed by atoms with Crippen molar-refractivity contribution in [2.45, 2.75) is 6.42 Å². The molecule has 0 radical (unpaired) electrons. The van der Waals surface area contributed by atoms with Gasteiger partial charge in [-0.3, -0.25) is 9.69 Å². The minimum absolute atomic E-state index is 0.205. The molecule has 6 heteroatoms. The van der Waals surface area contributed by atoms with Gasteiger partial charge in [0.2, 0.25) is 0 Å². The molecule has 1 aromatic heterocycles. The number of nitrogens with zero attached hydrogens (tertiary/aromatic N) is 4. The number of anilines is 1. The molecule has 1 saturated heterocycles. The van der Waals surface area contributed by atoms with Gasteiger partial charge in [-0.15, -0.1) is 0 Å². The molecule has 3 rings (SSSR count). The second-order valence-electron chi connectivity index (χ2n) is 5.19. The molecule has 0 saturated carbocycles. The Kier molecular flexibility index (Phi) is 3.96. The summed E-state index contributed by atoms with van der Waals surface area (Å²) >= 11 is 0. The Bertz CT molecular complexity index is 633. The van der Waals surface area contributed by atoms with Crippen LogP contribution >= 0.6 is 0 Å². The molecule has 1 fully saturated rings. The van der Waals surface area contributed by atoms with Crippen LogP contribution < -0.4 is 4.90 Å². The van der Waals surface area contributed by atoms with Crippen LogP contribution in [-0.2, 0) is 4.79 Å². The lowest BCUT2D eigenvalue weighted by molar-refractivity contribution is -0.137. The molecule has 0 atom stereocenters. The summed E-state index contributed by atoms with van der Waals surface area (Å²) in [5, 5.41) is 9.81. The second kappa shape index (κ2) is 6.05. The van der Waals surface area contributed by atoms with Crippen LogP contribution in [0, 0.1) is 0 Å². The molecule has 1 N–H and O–H groups in total. The number of para-hydroxylation sites is 1. The number of carbonyl (C=O) groups is 1. The Morgan fingerprint density at radius 2 is 1.90 bits per heavy atom. The molecule has 21 heavy (non-hydrogen) atoms. The number of hydrogen-bond acceptors (Lipinski definition) is 5. The van der Waals surface area contributed by atoms with Crippen LogP contribution in [0.2, 0.25) is 0 Å². The molecule has 0 spiro atoms. The molecular formula is C15H18N4O2. The third-order valence-corrected chi connectivity index (χ3v) is 3.84. The second-order valence-corrected chi connectivity index (χ2v) is 5.19. The van der Waals surface area contributed by atoms with E-state index in [1.54, 1.807) is 6.33 Å². The van der Waals surface area contributed by atoms with E-state index >= 15 is 0 Å². The molecule has 1 aliphatic heterocycles. The van der Waals surface area contributed by atoms with E-state index in [1.165, 1.54) is 0 Å². The van der Waals surface area contributed by atoms with E-state index in [0.717, 1.165) is 42.9 Å². The fraction of sp³-hybridized carbons (Fsp3) is 0.400. The normalized spacial score (nSPS) is 16.3. The lowest BCUT2D eigenvalue weighted by atomic mass is 10.2. The van der Waals surface area contributed by atoms with Crippen LogP contribution in [0.15, 0.2) is 30.6 Å². The fourth-order valence-corrected chi connectivity index (χ4v) is 2.68. The van der Waals surface area contributed by atoms with Crippen LogP contribution in [0.25, 0.3) is 10.9 Å². The van der Waals surface area contributed by atoms with Crippen LogP contribution in [0.4, 0.5) is 5.82 Å². The van der Waals surface area contributed by atoms with E-state index in [1.807, 2.05) is 24.3 Å². The maximum atomic E-state index is 10.6. The number of fused-ring (bicyclic) bond motifs is 1. The fourth-order valence-electron chi connectivity index (χ4n) is 2.68. The van der Waals surface area contributed by atoms with E-state index in [0.29, 0.717) is 6.54 Å². The highest BCUT2D eigenvalue weighted by molar-refractivity contribution is 5.89. The maximum absolute atomic E-state index is 10.6. The van der Waals surface area contributed by atoms with Crippen molar-refractivity contribution in [3.05, 3.63) is 30.6 Å². The summed E-state index contributed by atoms with van der Waals surface area (Å²) in [4.78, 5) is 23.8. The number of rotatable bonds is 4. The van der Waals surface area contributed by atoms with Gasteiger partial charge in [0.05, 0.1) is 11.9 Å². The molecule has 2 aromatic rings. The smallest absolute Gasteiger partial charge is 0.304 e. The van der Waals surface area contributed by atoms with E-state index in [-0.39, 0.29) is 6.42 Å². The third kappa shape index (κ3) is 3.11. The summed E-state index contributed by atoms with van der Waals surface area (Å²) in [7, 11) is 0. The molecule has 0 bridgehead atoms.